The van der Waals surface area contributed by atoms with E-state index in [1.165, 1.54) is 0 Å². The van der Waals surface area contributed by atoms with Crippen LogP contribution >= 0.6 is 0 Å². The third kappa shape index (κ3) is 13.9. The second kappa shape index (κ2) is 21.6. The summed E-state index contributed by atoms with van der Waals surface area (Å²) in [6, 6.07) is 15.8. The van der Waals surface area contributed by atoms with Crippen molar-refractivity contribution in [3.63, 3.8) is 0 Å². The molecule has 7 rings (SSSR count). The Kier molecular flexibility index (Phi) is 16.5. The summed E-state index contributed by atoms with van der Waals surface area (Å²) in [5.74, 6) is 0.0664. The molecule has 7 aromatic rings. The molecular weight excluding hydrogens is 1140 g/mol. The SMILES string of the molecule is FC(F)(F)c1cc([B-](c2cc(C(F)(F)F)cc(C(F)(F)F)c2)(c2cc(C(F)(F)F)cc(C(F)(F)F)c2)c2cc(C(F)(F)F)cc(C(F)(F)F)c2)cc(C(F)(F)F)c1.N#Cc1ccc(-c2cccc[n+]2CC(=O)c2ccccc2)cc1. The molecule has 0 saturated carbocycles. The largest absolute Gasteiger partial charge is 0.416 e. The number of benzene rings is 6. The zero-order valence-corrected chi connectivity index (χ0v) is 39.1. The number of carbonyl (C=O) groups excluding carboxylic acids is 1. The highest BCUT2D eigenvalue weighted by molar-refractivity contribution is 7.20. The van der Waals surface area contributed by atoms with Crippen LogP contribution in [0.25, 0.3) is 11.3 Å². The van der Waals surface area contributed by atoms with Gasteiger partial charge in [0.25, 0.3) is 0 Å². The molecule has 0 aliphatic carbocycles. The molecule has 0 amide bonds. The highest BCUT2D eigenvalue weighted by Gasteiger charge is 2.47. The molecule has 1 aromatic heterocycles. The Labute approximate surface area is 433 Å². The van der Waals surface area contributed by atoms with Crippen molar-refractivity contribution in [1.29, 1.82) is 5.26 Å². The number of alkyl halides is 24. The summed E-state index contributed by atoms with van der Waals surface area (Å²) >= 11 is 0. The van der Waals surface area contributed by atoms with Gasteiger partial charge in [0.05, 0.1) is 56.1 Å². The normalized spacial score (nSPS) is 13.1. The standard InChI is InChI=1S/C32H12BF24.C20H15N2O/c34-25(35,36)13-1-14(26(37,38)39)6-21(5-13)33(22-7-15(27(40,41)42)2-16(8-22)28(43,44)45,23-9-17(29(46,47)48)3-18(10-23)30(49,50)51)24-11-19(31(52,53)54)4-20(12-24)32(55,56)57;21-14-16-9-11-17(12-10-16)19-8-4-5-13-22(19)15-20(23)18-6-2-1-3-7-18/h1-12H;1-13H,15H2/q-1;+1. The minimum atomic E-state index is -6.13. The maximum absolute atomic E-state index is 14.2. The van der Waals surface area contributed by atoms with Crippen molar-refractivity contribution in [2.75, 3.05) is 0 Å². The Bertz CT molecular complexity index is 3000. The lowest BCUT2D eigenvalue weighted by Crippen LogP contribution is -2.75. The molecule has 6 aromatic carbocycles. The molecule has 0 spiro atoms. The van der Waals surface area contributed by atoms with Crippen molar-refractivity contribution in [2.45, 2.75) is 56.0 Å². The number of hydrogen-bond acceptors (Lipinski definition) is 2. The summed E-state index contributed by atoms with van der Waals surface area (Å²) in [7, 11) is 0. The first kappa shape index (κ1) is 61.2. The van der Waals surface area contributed by atoms with Crippen LogP contribution in [0.4, 0.5) is 105 Å². The fourth-order valence-electron chi connectivity index (χ4n) is 8.53. The second-order valence-electron chi connectivity index (χ2n) is 17.4. The molecule has 0 saturated heterocycles. The first-order valence-electron chi connectivity index (χ1n) is 22.0. The number of pyridine rings is 1. The van der Waals surface area contributed by atoms with Gasteiger partial charge in [-0.1, -0.05) is 78.9 Å². The molecule has 28 heteroatoms. The molecule has 0 aliphatic heterocycles. The highest BCUT2D eigenvalue weighted by atomic mass is 19.4. The van der Waals surface area contributed by atoms with E-state index in [2.05, 4.69) is 6.07 Å². The third-order valence-corrected chi connectivity index (χ3v) is 12.1. The minimum Gasteiger partial charge on any atom is -0.287 e. The number of ketones is 1. The van der Waals surface area contributed by atoms with E-state index in [0.29, 0.717) is 11.1 Å². The van der Waals surface area contributed by atoms with Crippen LogP contribution in [0.2, 0.25) is 0 Å². The molecule has 1 heterocycles. The molecule has 3 nitrogen and oxygen atoms in total. The lowest BCUT2D eigenvalue weighted by molar-refractivity contribution is -0.672. The van der Waals surface area contributed by atoms with Gasteiger partial charge in [-0.3, -0.25) is 4.79 Å². The lowest BCUT2D eigenvalue weighted by atomic mass is 9.12. The number of nitrogens with zero attached hydrogens (tertiary/aromatic N) is 2. The Morgan fingerprint density at radius 3 is 0.912 bits per heavy atom. The van der Waals surface area contributed by atoms with Gasteiger partial charge in [0.1, 0.15) is 6.15 Å². The monoisotopic (exact) mass is 1160 g/mol. The second-order valence-corrected chi connectivity index (χ2v) is 17.4. The van der Waals surface area contributed by atoms with Gasteiger partial charge in [0.2, 0.25) is 18.0 Å². The van der Waals surface area contributed by atoms with E-state index in [9.17, 15) is 110 Å². The van der Waals surface area contributed by atoms with Gasteiger partial charge in [0.15, 0.2) is 6.20 Å². The van der Waals surface area contributed by atoms with Crippen LogP contribution in [-0.4, -0.2) is 11.9 Å². The van der Waals surface area contributed by atoms with Gasteiger partial charge in [-0.05, 0) is 54.6 Å². The van der Waals surface area contributed by atoms with E-state index in [4.69, 9.17) is 5.26 Å². The average molecular weight is 1160 g/mol. The first-order valence-corrected chi connectivity index (χ1v) is 22.0. The topological polar surface area (TPSA) is 44.7 Å². The first-order chi connectivity index (χ1) is 36.5. The summed E-state index contributed by atoms with van der Waals surface area (Å²) in [5, 5.41) is 8.90. The number of rotatable bonds is 8. The van der Waals surface area contributed by atoms with Crippen molar-refractivity contribution in [3.8, 4) is 17.3 Å². The van der Waals surface area contributed by atoms with Crippen LogP contribution < -0.4 is 26.4 Å². The predicted molar refractivity (Wildman–Crippen MR) is 238 cm³/mol. The molecule has 0 radical (unpaired) electrons. The van der Waals surface area contributed by atoms with Crippen molar-refractivity contribution in [1.82, 2.24) is 0 Å². The van der Waals surface area contributed by atoms with E-state index in [1.54, 1.807) is 12.1 Å². The van der Waals surface area contributed by atoms with Crippen molar-refractivity contribution in [2.24, 2.45) is 0 Å². The van der Waals surface area contributed by atoms with Crippen LogP contribution in [0.1, 0.15) is 60.4 Å². The zero-order valence-electron chi connectivity index (χ0n) is 39.1. The Hall–Kier alpha value is -7.99. The van der Waals surface area contributed by atoms with Crippen LogP contribution in [0.15, 0.2) is 152 Å². The van der Waals surface area contributed by atoms with Gasteiger partial charge < -0.3 is 0 Å². The van der Waals surface area contributed by atoms with Crippen LogP contribution in [0, 0.1) is 11.3 Å². The van der Waals surface area contributed by atoms with E-state index in [1.807, 2.05) is 71.4 Å². The summed E-state index contributed by atoms with van der Waals surface area (Å²) in [4.78, 5) is 12.4. The molecular formula is C52H27BF24N2O. The molecule has 422 valence electrons. The van der Waals surface area contributed by atoms with E-state index in [-0.39, 0.29) is 12.3 Å². The predicted octanol–water partition coefficient (Wildman–Crippen LogP) is 14.6. The van der Waals surface area contributed by atoms with Crippen molar-refractivity contribution < 1.29 is 115 Å². The number of hydrogen-bond donors (Lipinski definition) is 0. The number of nitriles is 1. The Morgan fingerprint density at radius 2 is 0.650 bits per heavy atom. The summed E-state index contributed by atoms with van der Waals surface area (Å²) in [6.45, 7) is 0.278. The Morgan fingerprint density at radius 1 is 0.375 bits per heavy atom. The molecule has 0 bridgehead atoms. The maximum Gasteiger partial charge on any atom is 0.416 e. The van der Waals surface area contributed by atoms with E-state index >= 15 is 0 Å². The van der Waals surface area contributed by atoms with E-state index < -0.39 is 195 Å². The van der Waals surface area contributed by atoms with Crippen molar-refractivity contribution >= 4 is 33.8 Å². The Balaban J connectivity index is 0.000000370. The van der Waals surface area contributed by atoms with Gasteiger partial charge in [0, 0.05) is 23.3 Å². The van der Waals surface area contributed by atoms with Crippen LogP contribution in [-0.2, 0) is 56.0 Å². The van der Waals surface area contributed by atoms with Crippen LogP contribution in [0.5, 0.6) is 0 Å². The fraction of sp³-hybridized carbons (Fsp3) is 0.173. The van der Waals surface area contributed by atoms with Crippen molar-refractivity contribution in [3.05, 3.63) is 207 Å². The quantitative estimate of drug-likeness (QED) is 0.0659. The molecule has 80 heavy (non-hydrogen) atoms. The third-order valence-electron chi connectivity index (χ3n) is 12.1. The molecule has 0 atom stereocenters. The average Bonchev–Trinajstić information content (AvgIpc) is 3.36. The van der Waals surface area contributed by atoms with Gasteiger partial charge in [-0.2, -0.15) is 137 Å². The number of Topliss-reactive ketones (excluding diaryl/α,β-unsaturated/α-hetero) is 1. The smallest absolute Gasteiger partial charge is 0.287 e. The fourth-order valence-corrected chi connectivity index (χ4v) is 8.53. The van der Waals surface area contributed by atoms with E-state index in [0.717, 1.165) is 11.3 Å². The van der Waals surface area contributed by atoms with Gasteiger partial charge >= 0.3 is 49.4 Å². The molecule has 0 aliphatic rings. The summed E-state index contributed by atoms with van der Waals surface area (Å²) in [6.07, 6.45) is -52.9. The number of halogens is 24. The van der Waals surface area contributed by atoms with Crippen LogP contribution in [0.3, 0.4) is 0 Å². The van der Waals surface area contributed by atoms with Gasteiger partial charge in [-0.15, -0.1) is 0 Å². The molecule has 0 N–H and O–H groups in total. The summed E-state index contributed by atoms with van der Waals surface area (Å²) < 4.78 is 343. The molecule has 0 unspecified atom stereocenters. The zero-order chi connectivity index (χ0) is 60.0. The minimum absolute atomic E-state index is 0.0664. The number of carbonyl (C=O) groups is 1. The van der Waals surface area contributed by atoms with Gasteiger partial charge in [-0.25, -0.2) is 0 Å². The maximum atomic E-state index is 14.2. The lowest BCUT2D eigenvalue weighted by Gasteiger charge is -2.46. The molecule has 0 fully saturated rings. The number of aromatic nitrogens is 1. The highest BCUT2D eigenvalue weighted by Crippen LogP contribution is 2.41. The summed E-state index contributed by atoms with van der Waals surface area (Å²) in [5.41, 5.74) is -27.0.